The van der Waals surface area contributed by atoms with Gasteiger partial charge in [0.2, 0.25) is 0 Å². The van der Waals surface area contributed by atoms with Crippen molar-refractivity contribution in [2.45, 2.75) is 13.2 Å². The van der Waals surface area contributed by atoms with Gasteiger partial charge in [-0.15, -0.1) is 0 Å². The Balaban J connectivity index is 1.70. The van der Waals surface area contributed by atoms with E-state index in [1.54, 1.807) is 40.9 Å². The highest BCUT2D eigenvalue weighted by Gasteiger charge is 2.17. The number of nitrogens with one attached hydrogen (secondary N) is 1. The molecule has 0 unspecified atom stereocenters. The van der Waals surface area contributed by atoms with E-state index in [2.05, 4.69) is 15.0 Å². The maximum atomic E-state index is 12.3. The number of imidazole rings is 1. The summed E-state index contributed by atoms with van der Waals surface area (Å²) in [4.78, 5) is 16.5. The lowest BCUT2D eigenvalue weighted by Crippen LogP contribution is -2.24. The average molecular weight is 352 g/mol. The molecule has 0 fully saturated rings. The Bertz CT molecular complexity index is 865. The molecule has 3 aromatic rings. The van der Waals surface area contributed by atoms with Crippen molar-refractivity contribution in [3.8, 4) is 5.75 Å². The van der Waals surface area contributed by atoms with Gasteiger partial charge in [-0.2, -0.15) is 8.78 Å². The van der Waals surface area contributed by atoms with Crippen molar-refractivity contribution in [3.63, 3.8) is 0 Å². The van der Waals surface area contributed by atoms with Gasteiger partial charge in [-0.3, -0.25) is 9.20 Å². The number of aromatic nitrogens is 2. The van der Waals surface area contributed by atoms with Gasteiger partial charge < -0.3 is 10.1 Å². The molecule has 0 radical (unpaired) electrons. The summed E-state index contributed by atoms with van der Waals surface area (Å²) in [6.07, 6.45) is 1.69. The predicted molar refractivity (Wildman–Crippen MR) is 84.4 cm³/mol. The molecule has 0 aliphatic heterocycles. The van der Waals surface area contributed by atoms with E-state index in [1.807, 2.05) is 0 Å². The maximum absolute atomic E-state index is 12.3. The van der Waals surface area contributed by atoms with Crippen molar-refractivity contribution < 1.29 is 18.3 Å². The van der Waals surface area contributed by atoms with Crippen LogP contribution < -0.4 is 10.1 Å². The number of benzene rings is 1. The second-order valence-electron chi connectivity index (χ2n) is 4.89. The van der Waals surface area contributed by atoms with Crippen LogP contribution in [0.2, 0.25) is 5.15 Å². The first kappa shape index (κ1) is 16.2. The van der Waals surface area contributed by atoms with Gasteiger partial charge in [0.25, 0.3) is 5.91 Å². The highest BCUT2D eigenvalue weighted by atomic mass is 35.5. The first-order chi connectivity index (χ1) is 11.5. The number of nitrogens with zero attached hydrogens (tertiary/aromatic N) is 2. The molecule has 2 heterocycles. The molecule has 0 saturated heterocycles. The minimum absolute atomic E-state index is 0.0601. The van der Waals surface area contributed by atoms with Crippen molar-refractivity contribution in [2.75, 3.05) is 0 Å². The molecule has 0 bridgehead atoms. The fourth-order valence-electron chi connectivity index (χ4n) is 2.23. The molecule has 8 heteroatoms. The van der Waals surface area contributed by atoms with E-state index >= 15 is 0 Å². The van der Waals surface area contributed by atoms with E-state index in [0.29, 0.717) is 5.65 Å². The van der Waals surface area contributed by atoms with Gasteiger partial charge >= 0.3 is 6.61 Å². The smallest absolute Gasteiger partial charge is 0.387 e. The molecule has 0 aliphatic rings. The third kappa shape index (κ3) is 3.46. The van der Waals surface area contributed by atoms with Gasteiger partial charge in [-0.25, -0.2) is 4.98 Å². The molecule has 0 spiro atoms. The lowest BCUT2D eigenvalue weighted by Gasteiger charge is -2.07. The van der Waals surface area contributed by atoms with Crippen LogP contribution in [0.25, 0.3) is 5.65 Å². The van der Waals surface area contributed by atoms with Crippen LogP contribution in [0.4, 0.5) is 8.78 Å². The van der Waals surface area contributed by atoms with Crippen LogP contribution in [0.3, 0.4) is 0 Å². The molecule has 1 aromatic carbocycles. The highest BCUT2D eigenvalue weighted by molar-refractivity contribution is 6.32. The Morgan fingerprint density at radius 2 is 2.00 bits per heavy atom. The fourth-order valence-corrected chi connectivity index (χ4v) is 2.49. The summed E-state index contributed by atoms with van der Waals surface area (Å²) >= 11 is 6.03. The zero-order chi connectivity index (χ0) is 17.1. The molecule has 0 saturated carbocycles. The van der Waals surface area contributed by atoms with E-state index in [9.17, 15) is 13.6 Å². The molecule has 1 amide bonds. The fraction of sp³-hybridized carbons (Fsp3) is 0.125. The predicted octanol–water partition coefficient (Wildman–Crippen LogP) is 3.52. The van der Waals surface area contributed by atoms with Gasteiger partial charge in [0.05, 0.1) is 0 Å². The van der Waals surface area contributed by atoms with Crippen LogP contribution in [-0.2, 0) is 6.54 Å². The summed E-state index contributed by atoms with van der Waals surface area (Å²) in [5.74, 6) is -0.323. The van der Waals surface area contributed by atoms with Crippen LogP contribution in [0.15, 0.2) is 48.7 Å². The van der Waals surface area contributed by atoms with Crippen LogP contribution in [0.1, 0.15) is 16.1 Å². The maximum Gasteiger partial charge on any atom is 0.387 e. The monoisotopic (exact) mass is 351 g/mol. The van der Waals surface area contributed by atoms with Crippen molar-refractivity contribution >= 4 is 23.2 Å². The first-order valence-electron chi connectivity index (χ1n) is 6.99. The van der Waals surface area contributed by atoms with E-state index < -0.39 is 6.61 Å². The van der Waals surface area contributed by atoms with Crippen LogP contribution in [0, 0.1) is 0 Å². The molecule has 24 heavy (non-hydrogen) atoms. The number of hydrogen-bond donors (Lipinski definition) is 1. The third-order valence-corrected chi connectivity index (χ3v) is 3.57. The molecule has 5 nitrogen and oxygen atoms in total. The zero-order valence-corrected chi connectivity index (χ0v) is 13.0. The minimum atomic E-state index is -2.87. The van der Waals surface area contributed by atoms with E-state index in [-0.39, 0.29) is 29.0 Å². The number of hydrogen-bond acceptors (Lipinski definition) is 3. The molecular formula is C16H12ClF2N3O2. The normalized spacial score (nSPS) is 11.0. The number of carbonyl (C=O) groups excluding carboxylic acids is 1. The zero-order valence-electron chi connectivity index (χ0n) is 12.2. The lowest BCUT2D eigenvalue weighted by molar-refractivity contribution is -0.0498. The summed E-state index contributed by atoms with van der Waals surface area (Å²) in [6.45, 7) is -2.66. The van der Waals surface area contributed by atoms with Crippen molar-refractivity contribution in [1.82, 2.24) is 14.7 Å². The number of amides is 1. The topological polar surface area (TPSA) is 55.6 Å². The number of ether oxygens (including phenoxy) is 1. The van der Waals surface area contributed by atoms with Gasteiger partial charge in [0.15, 0.2) is 10.8 Å². The summed E-state index contributed by atoms with van der Waals surface area (Å²) in [5.41, 5.74) is 1.54. The summed E-state index contributed by atoms with van der Waals surface area (Å²) in [6, 6.07) is 11.3. The molecular weight excluding hydrogens is 340 g/mol. The Kier molecular flexibility index (Phi) is 4.61. The quantitative estimate of drug-likeness (QED) is 0.765. The Morgan fingerprint density at radius 1 is 1.25 bits per heavy atom. The summed E-state index contributed by atoms with van der Waals surface area (Å²) in [5, 5.41) is 2.83. The third-order valence-electron chi connectivity index (χ3n) is 3.30. The highest BCUT2D eigenvalue weighted by Crippen LogP contribution is 2.18. The van der Waals surface area contributed by atoms with Crippen molar-refractivity contribution in [1.29, 1.82) is 0 Å². The lowest BCUT2D eigenvalue weighted by atomic mass is 10.2. The van der Waals surface area contributed by atoms with Gasteiger partial charge in [-0.05, 0) is 29.8 Å². The summed E-state index contributed by atoms with van der Waals surface area (Å²) < 4.78 is 30.1. The minimum Gasteiger partial charge on any atom is -0.435 e. The Labute approximate surface area is 140 Å². The van der Waals surface area contributed by atoms with Crippen LogP contribution in [-0.4, -0.2) is 21.9 Å². The number of carbonyl (C=O) groups is 1. The van der Waals surface area contributed by atoms with Gasteiger partial charge in [0.1, 0.15) is 11.4 Å². The Morgan fingerprint density at radius 3 is 2.71 bits per heavy atom. The molecule has 124 valence electrons. The molecule has 3 rings (SSSR count). The van der Waals surface area contributed by atoms with E-state index in [0.717, 1.165) is 5.56 Å². The molecule has 0 aliphatic carbocycles. The standard InChI is InChI=1S/C16H12ClF2N3O2/c17-14-13(22-8-2-1-3-12(22)21-14)15(23)20-9-10-4-6-11(7-5-10)24-16(18)19/h1-8,16H,9H2,(H,20,23). The van der Waals surface area contributed by atoms with Gasteiger partial charge in [0, 0.05) is 12.7 Å². The molecule has 2 aromatic heterocycles. The number of alkyl halides is 2. The number of rotatable bonds is 5. The number of fused-ring (bicyclic) bond motifs is 1. The largest absolute Gasteiger partial charge is 0.435 e. The Hall–Kier alpha value is -2.67. The van der Waals surface area contributed by atoms with Crippen LogP contribution >= 0.6 is 11.6 Å². The van der Waals surface area contributed by atoms with E-state index in [4.69, 9.17) is 11.6 Å². The summed E-state index contributed by atoms with van der Waals surface area (Å²) in [7, 11) is 0. The molecule has 0 atom stereocenters. The number of pyridine rings is 1. The van der Waals surface area contributed by atoms with Crippen molar-refractivity contribution in [2.24, 2.45) is 0 Å². The van der Waals surface area contributed by atoms with Crippen molar-refractivity contribution in [3.05, 3.63) is 65.1 Å². The van der Waals surface area contributed by atoms with E-state index in [1.165, 1.54) is 12.1 Å². The first-order valence-corrected chi connectivity index (χ1v) is 7.37. The average Bonchev–Trinajstić information content (AvgIpc) is 2.89. The van der Waals surface area contributed by atoms with Crippen LogP contribution in [0.5, 0.6) is 5.75 Å². The second-order valence-corrected chi connectivity index (χ2v) is 5.24. The molecule has 1 N–H and O–H groups in total. The SMILES string of the molecule is O=C(NCc1ccc(OC(F)F)cc1)c1c(Cl)nc2ccccn12. The van der Waals surface area contributed by atoms with Gasteiger partial charge in [-0.1, -0.05) is 29.8 Å². The number of halogens is 3. The second kappa shape index (κ2) is 6.84.